The molecule has 37 heavy (non-hydrogen) atoms. The number of hydrogen-bond donors (Lipinski definition) is 1. The molecule has 194 valence electrons. The van der Waals surface area contributed by atoms with Crippen molar-refractivity contribution in [1.29, 1.82) is 0 Å². The second kappa shape index (κ2) is 9.43. The molecule has 2 heterocycles. The van der Waals surface area contributed by atoms with Gasteiger partial charge in [-0.1, -0.05) is 11.6 Å². The zero-order valence-corrected chi connectivity index (χ0v) is 22.1. The van der Waals surface area contributed by atoms with Crippen LogP contribution in [0.25, 0.3) is 5.69 Å². The maximum Gasteiger partial charge on any atom is 0.495 e. The third-order valence-corrected chi connectivity index (χ3v) is 7.04. The molecule has 1 amide bonds. The fraction of sp³-hybridized carbons (Fsp3) is 0.370. The predicted octanol–water partition coefficient (Wildman–Crippen LogP) is 3.58. The van der Waals surface area contributed by atoms with Gasteiger partial charge < -0.3 is 14.6 Å². The van der Waals surface area contributed by atoms with E-state index in [1.165, 1.54) is 22.9 Å². The number of amides is 1. The van der Waals surface area contributed by atoms with Gasteiger partial charge in [0.25, 0.3) is 11.5 Å². The molecule has 1 N–H and O–H groups in total. The summed E-state index contributed by atoms with van der Waals surface area (Å²) < 4.78 is 28.0. The normalized spacial score (nSPS) is 16.3. The zero-order chi connectivity index (χ0) is 27.3. The lowest BCUT2D eigenvalue weighted by molar-refractivity contribution is 0.00578. The van der Waals surface area contributed by atoms with E-state index >= 15 is 0 Å². The summed E-state index contributed by atoms with van der Waals surface area (Å²) in [5.74, 6) is -1.19. The van der Waals surface area contributed by atoms with E-state index in [0.717, 1.165) is 27.7 Å². The quantitative estimate of drug-likeness (QED) is 0.534. The Morgan fingerprint density at radius 3 is 2.16 bits per heavy atom. The van der Waals surface area contributed by atoms with Crippen LogP contribution in [0.4, 0.5) is 10.1 Å². The molecule has 4 rings (SSSR count). The van der Waals surface area contributed by atoms with E-state index in [-0.39, 0.29) is 17.3 Å². The van der Waals surface area contributed by atoms with Crippen molar-refractivity contribution in [2.75, 3.05) is 5.32 Å². The lowest BCUT2D eigenvalue weighted by atomic mass is 9.76. The summed E-state index contributed by atoms with van der Waals surface area (Å²) >= 11 is 0. The number of rotatable bonds is 5. The average Bonchev–Trinajstić information content (AvgIpc) is 3.02. The summed E-state index contributed by atoms with van der Waals surface area (Å²) in [5, 5.41) is 2.77. The van der Waals surface area contributed by atoms with Gasteiger partial charge in [-0.15, -0.1) is 0 Å². The van der Waals surface area contributed by atoms with Crippen molar-refractivity contribution < 1.29 is 18.5 Å². The molecule has 1 aliphatic rings. The van der Waals surface area contributed by atoms with E-state index in [1.807, 2.05) is 40.7 Å². The van der Waals surface area contributed by atoms with Crippen molar-refractivity contribution >= 4 is 24.2 Å². The number of anilines is 1. The number of halogens is 1. The largest absolute Gasteiger partial charge is 0.495 e. The monoisotopic (exact) mass is 507 g/mol. The summed E-state index contributed by atoms with van der Waals surface area (Å²) in [6, 6.07) is 9.92. The van der Waals surface area contributed by atoms with Crippen molar-refractivity contribution in [3.05, 3.63) is 86.4 Å². The van der Waals surface area contributed by atoms with Gasteiger partial charge in [0.2, 0.25) is 0 Å². The van der Waals surface area contributed by atoms with Crippen LogP contribution in [0.15, 0.2) is 58.3 Å². The van der Waals surface area contributed by atoms with Crippen molar-refractivity contribution in [2.45, 2.75) is 65.7 Å². The first-order valence-electron chi connectivity index (χ1n) is 12.1. The SMILES string of the molecule is Cc1ccc(NC(=O)c2cn(C(C)C)c(=O)n(-c3ccc(F)cc3)c2=O)cc1B1OC(C)(C)C(C)(C)O1. The van der Waals surface area contributed by atoms with Crippen LogP contribution >= 0.6 is 0 Å². The number of carbonyl (C=O) groups excluding carboxylic acids is 1. The molecular weight excluding hydrogens is 476 g/mol. The molecule has 0 atom stereocenters. The maximum absolute atomic E-state index is 13.5. The summed E-state index contributed by atoms with van der Waals surface area (Å²) in [4.78, 5) is 39.7. The van der Waals surface area contributed by atoms with Crippen LogP contribution in [0.3, 0.4) is 0 Å². The molecule has 0 spiro atoms. The van der Waals surface area contributed by atoms with E-state index in [2.05, 4.69) is 5.32 Å². The molecule has 0 saturated carbocycles. The van der Waals surface area contributed by atoms with E-state index in [1.54, 1.807) is 26.0 Å². The van der Waals surface area contributed by atoms with Gasteiger partial charge in [-0.2, -0.15) is 0 Å². The minimum Gasteiger partial charge on any atom is -0.399 e. The number of nitrogens with zero attached hydrogens (tertiary/aromatic N) is 2. The molecule has 8 nitrogen and oxygen atoms in total. The average molecular weight is 507 g/mol. The second-order valence-electron chi connectivity index (χ2n) is 10.6. The van der Waals surface area contributed by atoms with E-state index < -0.39 is 41.3 Å². The van der Waals surface area contributed by atoms with Crippen molar-refractivity contribution in [3.63, 3.8) is 0 Å². The smallest absolute Gasteiger partial charge is 0.399 e. The Hall–Kier alpha value is -3.50. The maximum atomic E-state index is 13.5. The molecule has 1 aromatic heterocycles. The van der Waals surface area contributed by atoms with Crippen molar-refractivity contribution in [3.8, 4) is 5.69 Å². The molecule has 10 heteroatoms. The van der Waals surface area contributed by atoms with Gasteiger partial charge in [0.1, 0.15) is 11.4 Å². The number of nitrogens with one attached hydrogen (secondary N) is 1. The molecule has 0 unspecified atom stereocenters. The highest BCUT2D eigenvalue weighted by atomic mass is 19.1. The van der Waals surface area contributed by atoms with Crippen LogP contribution in [0.5, 0.6) is 0 Å². The summed E-state index contributed by atoms with van der Waals surface area (Å²) in [7, 11) is -0.625. The molecule has 1 saturated heterocycles. The van der Waals surface area contributed by atoms with Crippen LogP contribution in [-0.2, 0) is 9.31 Å². The molecule has 1 fully saturated rings. The Morgan fingerprint density at radius 2 is 1.59 bits per heavy atom. The van der Waals surface area contributed by atoms with Gasteiger partial charge in [0.05, 0.1) is 16.9 Å². The van der Waals surface area contributed by atoms with Crippen LogP contribution in [0.1, 0.15) is 63.5 Å². The number of aryl methyl sites for hydroxylation is 1. The molecule has 0 aliphatic carbocycles. The van der Waals surface area contributed by atoms with Gasteiger partial charge in [-0.05, 0) is 90.3 Å². The number of hydrogen-bond acceptors (Lipinski definition) is 5. The highest BCUT2D eigenvalue weighted by molar-refractivity contribution is 6.62. The van der Waals surface area contributed by atoms with Crippen molar-refractivity contribution in [2.24, 2.45) is 0 Å². The minimum absolute atomic E-state index is 0.166. The van der Waals surface area contributed by atoms with E-state index in [9.17, 15) is 18.8 Å². The Kier molecular flexibility index (Phi) is 6.77. The van der Waals surface area contributed by atoms with Gasteiger partial charge in [-0.3, -0.25) is 14.2 Å². The van der Waals surface area contributed by atoms with Crippen LogP contribution in [0, 0.1) is 12.7 Å². The van der Waals surface area contributed by atoms with Crippen LogP contribution in [0.2, 0.25) is 0 Å². The van der Waals surface area contributed by atoms with Crippen LogP contribution in [-0.4, -0.2) is 33.4 Å². The van der Waals surface area contributed by atoms with E-state index in [0.29, 0.717) is 5.69 Å². The first-order chi connectivity index (χ1) is 17.2. The molecule has 3 aromatic rings. The second-order valence-corrected chi connectivity index (χ2v) is 10.6. The Balaban J connectivity index is 1.72. The Labute approximate surface area is 215 Å². The highest BCUT2D eigenvalue weighted by Crippen LogP contribution is 2.36. The first kappa shape index (κ1) is 26.6. The summed E-state index contributed by atoms with van der Waals surface area (Å²) in [5.41, 5.74) is -0.426. The standard InChI is InChI=1S/C27H31BFN3O5/c1-16(2)31-15-21(24(34)32(25(31)35)20-12-9-18(29)10-13-20)23(33)30-19-11-8-17(3)22(14-19)28-36-26(4,5)27(6,7)37-28/h8-16H,1-7H3,(H,30,33). The summed E-state index contributed by atoms with van der Waals surface area (Å²) in [6.07, 6.45) is 1.26. The summed E-state index contributed by atoms with van der Waals surface area (Å²) in [6.45, 7) is 13.3. The fourth-order valence-corrected chi connectivity index (χ4v) is 4.06. The topological polar surface area (TPSA) is 91.6 Å². The van der Waals surface area contributed by atoms with Gasteiger partial charge in [0.15, 0.2) is 0 Å². The van der Waals surface area contributed by atoms with Gasteiger partial charge in [-0.25, -0.2) is 13.8 Å². The molecule has 0 radical (unpaired) electrons. The lowest BCUT2D eigenvalue weighted by Crippen LogP contribution is -2.42. The zero-order valence-electron chi connectivity index (χ0n) is 22.1. The Bertz CT molecular complexity index is 1460. The third kappa shape index (κ3) is 4.91. The number of benzene rings is 2. The van der Waals surface area contributed by atoms with Gasteiger partial charge in [0, 0.05) is 17.9 Å². The number of carbonyl (C=O) groups is 1. The van der Waals surface area contributed by atoms with Crippen molar-refractivity contribution in [1.82, 2.24) is 9.13 Å². The Morgan fingerprint density at radius 1 is 1.00 bits per heavy atom. The lowest BCUT2D eigenvalue weighted by Gasteiger charge is -2.32. The molecule has 2 aromatic carbocycles. The number of aromatic nitrogens is 2. The molecule has 0 bridgehead atoms. The molecule has 1 aliphatic heterocycles. The highest BCUT2D eigenvalue weighted by Gasteiger charge is 2.52. The van der Waals surface area contributed by atoms with E-state index in [4.69, 9.17) is 9.31 Å². The van der Waals surface area contributed by atoms with Crippen LogP contribution < -0.4 is 22.0 Å². The van der Waals surface area contributed by atoms with Gasteiger partial charge >= 0.3 is 12.8 Å². The first-order valence-corrected chi connectivity index (χ1v) is 12.1. The minimum atomic E-state index is -0.802. The molecular formula is C27H31BFN3O5. The third-order valence-electron chi connectivity index (χ3n) is 7.04. The predicted molar refractivity (Wildman–Crippen MR) is 141 cm³/mol. The fourth-order valence-electron chi connectivity index (χ4n) is 4.06.